The molecule has 0 amide bonds. The van der Waals surface area contributed by atoms with E-state index in [0.29, 0.717) is 17.4 Å². The van der Waals surface area contributed by atoms with Crippen molar-refractivity contribution in [2.24, 2.45) is 0 Å². The van der Waals surface area contributed by atoms with E-state index in [1.807, 2.05) is 6.92 Å². The Morgan fingerprint density at radius 3 is 3.20 bits per heavy atom. The van der Waals surface area contributed by atoms with Crippen molar-refractivity contribution in [1.82, 2.24) is 19.7 Å². The monoisotopic (exact) mass is 314 g/mol. The molecule has 2 aromatic rings. The molecule has 0 fully saturated rings. The number of thiophene rings is 1. The zero-order valence-electron chi connectivity index (χ0n) is 10.8. The van der Waals surface area contributed by atoms with Crippen molar-refractivity contribution in [3.63, 3.8) is 0 Å². The topological polar surface area (TPSA) is 86.1 Å². The number of sulfonamides is 1. The summed E-state index contributed by atoms with van der Waals surface area (Å²) < 4.78 is 34.3. The van der Waals surface area contributed by atoms with Gasteiger partial charge in [-0.15, -0.1) is 16.4 Å². The molecule has 0 aromatic carbocycles. The largest absolute Gasteiger partial charge is 0.369 e. The molecule has 1 aliphatic heterocycles. The van der Waals surface area contributed by atoms with Crippen molar-refractivity contribution in [3.8, 4) is 0 Å². The number of fused-ring (bicyclic) bond motifs is 1. The summed E-state index contributed by atoms with van der Waals surface area (Å²) >= 11 is 1.19. The van der Waals surface area contributed by atoms with Gasteiger partial charge in [-0.25, -0.2) is 17.8 Å². The van der Waals surface area contributed by atoms with Crippen LogP contribution in [0.1, 0.15) is 11.4 Å². The second kappa shape index (κ2) is 5.24. The lowest BCUT2D eigenvalue weighted by atomic mass is 10.2. The molecule has 9 heteroatoms. The normalized spacial score (nSPS) is 18.9. The Hall–Kier alpha value is -1.29. The summed E-state index contributed by atoms with van der Waals surface area (Å²) in [4.78, 5) is 0. The summed E-state index contributed by atoms with van der Waals surface area (Å²) in [5.41, 5.74) is 1.80. The molecular weight excluding hydrogens is 300 g/mol. The molecule has 0 radical (unpaired) electrons. The van der Waals surface area contributed by atoms with E-state index in [0.717, 1.165) is 11.4 Å². The van der Waals surface area contributed by atoms with Crippen LogP contribution >= 0.6 is 11.3 Å². The molecule has 3 heterocycles. The maximum Gasteiger partial charge on any atom is 0.250 e. The third-order valence-corrected chi connectivity index (χ3v) is 5.95. The van der Waals surface area contributed by atoms with Crippen molar-refractivity contribution >= 4 is 21.4 Å². The zero-order chi connectivity index (χ0) is 14.2. The molecule has 1 aliphatic rings. The third-order valence-electron chi connectivity index (χ3n) is 3.13. The molecule has 1 N–H and O–H groups in total. The number of hydrogen-bond acceptors (Lipinski definition) is 6. The maximum absolute atomic E-state index is 12.0. The first-order valence-corrected chi connectivity index (χ1v) is 8.46. The quantitative estimate of drug-likeness (QED) is 0.889. The first kappa shape index (κ1) is 13.7. The Balaban J connectivity index is 1.63. The Bertz CT molecular complexity index is 693. The van der Waals surface area contributed by atoms with Crippen molar-refractivity contribution in [2.45, 2.75) is 30.4 Å². The van der Waals surface area contributed by atoms with Crippen molar-refractivity contribution in [1.29, 1.82) is 0 Å². The van der Waals surface area contributed by atoms with Gasteiger partial charge in [0.05, 0.1) is 30.6 Å². The second-order valence-electron chi connectivity index (χ2n) is 4.52. The van der Waals surface area contributed by atoms with Gasteiger partial charge in [0.1, 0.15) is 4.21 Å². The summed E-state index contributed by atoms with van der Waals surface area (Å²) in [6.45, 7) is 3.01. The van der Waals surface area contributed by atoms with Gasteiger partial charge in [0.2, 0.25) is 10.0 Å². The van der Waals surface area contributed by atoms with Crippen LogP contribution in [0.15, 0.2) is 21.7 Å². The average molecular weight is 314 g/mol. The van der Waals surface area contributed by atoms with Gasteiger partial charge >= 0.3 is 0 Å². The van der Waals surface area contributed by atoms with Gasteiger partial charge in [-0.2, -0.15) is 0 Å². The molecule has 2 aromatic heterocycles. The number of hydrogen-bond donors (Lipinski definition) is 1. The maximum atomic E-state index is 12.0. The van der Waals surface area contributed by atoms with E-state index < -0.39 is 10.0 Å². The molecule has 108 valence electrons. The number of rotatable bonds is 4. The summed E-state index contributed by atoms with van der Waals surface area (Å²) in [6.07, 6.45) is -0.238. The highest BCUT2D eigenvalue weighted by atomic mass is 32.2. The number of nitrogens with one attached hydrogen (secondary N) is 1. The van der Waals surface area contributed by atoms with Gasteiger partial charge in [0.25, 0.3) is 0 Å². The van der Waals surface area contributed by atoms with Crippen molar-refractivity contribution in [2.75, 3.05) is 6.54 Å². The minimum Gasteiger partial charge on any atom is -0.369 e. The van der Waals surface area contributed by atoms with Gasteiger partial charge in [0.15, 0.2) is 0 Å². The van der Waals surface area contributed by atoms with Crippen LogP contribution in [0.2, 0.25) is 0 Å². The third kappa shape index (κ3) is 2.62. The summed E-state index contributed by atoms with van der Waals surface area (Å²) in [6, 6.07) is 3.29. The SMILES string of the molecule is Cc1nnn2c1CO[C@H](CNS(=O)(=O)c1cccs1)C2. The van der Waals surface area contributed by atoms with Crippen LogP contribution in [0.3, 0.4) is 0 Å². The van der Waals surface area contributed by atoms with Gasteiger partial charge in [-0.3, -0.25) is 0 Å². The molecule has 0 unspecified atom stereocenters. The standard InChI is InChI=1S/C11H14N4O3S2/c1-8-10-7-18-9(6-15(10)14-13-8)5-12-20(16,17)11-3-2-4-19-11/h2-4,9,12H,5-7H2,1H3/t9-/m1/s1. The van der Waals surface area contributed by atoms with Crippen LogP contribution in [0, 0.1) is 6.92 Å². The number of aryl methyl sites for hydroxylation is 1. The molecule has 0 aliphatic carbocycles. The molecule has 0 spiro atoms. The minimum atomic E-state index is -3.45. The van der Waals surface area contributed by atoms with Gasteiger partial charge in [-0.1, -0.05) is 11.3 Å². The van der Waals surface area contributed by atoms with E-state index in [4.69, 9.17) is 4.74 Å². The molecule has 3 rings (SSSR count). The lowest BCUT2D eigenvalue weighted by Crippen LogP contribution is -2.38. The van der Waals surface area contributed by atoms with E-state index >= 15 is 0 Å². The average Bonchev–Trinajstić information content (AvgIpc) is 3.07. The van der Waals surface area contributed by atoms with Crippen LogP contribution in [0.25, 0.3) is 0 Å². The highest BCUT2D eigenvalue weighted by Crippen LogP contribution is 2.17. The lowest BCUT2D eigenvalue weighted by Gasteiger charge is -2.23. The Morgan fingerprint density at radius 1 is 1.60 bits per heavy atom. The highest BCUT2D eigenvalue weighted by molar-refractivity contribution is 7.91. The van der Waals surface area contributed by atoms with Gasteiger partial charge in [0, 0.05) is 6.54 Å². The van der Waals surface area contributed by atoms with E-state index in [2.05, 4.69) is 15.0 Å². The predicted molar refractivity (Wildman–Crippen MR) is 72.8 cm³/mol. The first-order chi connectivity index (χ1) is 9.56. The number of aromatic nitrogens is 3. The van der Waals surface area contributed by atoms with Crippen LogP contribution in [0.4, 0.5) is 0 Å². The summed E-state index contributed by atoms with van der Waals surface area (Å²) in [7, 11) is -3.45. The molecule has 7 nitrogen and oxygen atoms in total. The molecule has 1 atom stereocenters. The highest BCUT2D eigenvalue weighted by Gasteiger charge is 2.24. The first-order valence-electron chi connectivity index (χ1n) is 6.10. The Kier molecular flexibility index (Phi) is 3.59. The second-order valence-corrected chi connectivity index (χ2v) is 7.46. The van der Waals surface area contributed by atoms with Crippen LogP contribution in [0.5, 0.6) is 0 Å². The molecule has 0 bridgehead atoms. The Morgan fingerprint density at radius 2 is 2.45 bits per heavy atom. The fourth-order valence-electron chi connectivity index (χ4n) is 2.00. The predicted octanol–water partition coefficient (Wildman–Crippen LogP) is 0.525. The molecule has 20 heavy (non-hydrogen) atoms. The summed E-state index contributed by atoms with van der Waals surface area (Å²) in [5, 5.41) is 9.72. The Labute approximate surface area is 120 Å². The number of ether oxygens (including phenoxy) is 1. The zero-order valence-corrected chi connectivity index (χ0v) is 12.4. The fourth-order valence-corrected chi connectivity index (χ4v) is 4.11. The lowest BCUT2D eigenvalue weighted by molar-refractivity contribution is 0.00375. The molecule has 0 saturated heterocycles. The van der Waals surface area contributed by atoms with Crippen molar-refractivity contribution in [3.05, 3.63) is 28.9 Å². The smallest absolute Gasteiger partial charge is 0.250 e. The minimum absolute atomic E-state index is 0.221. The van der Waals surface area contributed by atoms with E-state index in [9.17, 15) is 8.42 Å². The van der Waals surface area contributed by atoms with Gasteiger partial charge in [-0.05, 0) is 18.4 Å². The molecule has 0 saturated carbocycles. The fraction of sp³-hybridized carbons (Fsp3) is 0.455. The van der Waals surface area contributed by atoms with Gasteiger partial charge < -0.3 is 4.74 Å². The molecular formula is C11H14N4O3S2. The van der Waals surface area contributed by atoms with E-state index in [1.165, 1.54) is 11.3 Å². The van der Waals surface area contributed by atoms with E-state index in [-0.39, 0.29) is 12.6 Å². The number of nitrogens with zero attached hydrogens (tertiary/aromatic N) is 3. The van der Waals surface area contributed by atoms with Crippen molar-refractivity contribution < 1.29 is 13.2 Å². The summed E-state index contributed by atoms with van der Waals surface area (Å²) in [5.74, 6) is 0. The van der Waals surface area contributed by atoms with Crippen LogP contribution in [-0.4, -0.2) is 36.1 Å². The van der Waals surface area contributed by atoms with Crippen LogP contribution < -0.4 is 4.72 Å². The van der Waals surface area contributed by atoms with E-state index in [1.54, 1.807) is 22.2 Å². The van der Waals surface area contributed by atoms with Crippen LogP contribution in [-0.2, 0) is 27.9 Å².